The summed E-state index contributed by atoms with van der Waals surface area (Å²) in [6, 6.07) is 8.16. The third-order valence-electron chi connectivity index (χ3n) is 6.83. The summed E-state index contributed by atoms with van der Waals surface area (Å²) >= 11 is 0. The highest BCUT2D eigenvalue weighted by Crippen LogP contribution is 2.28. The third-order valence-corrected chi connectivity index (χ3v) is 6.83. The molecule has 0 radical (unpaired) electrons. The molecule has 5 rings (SSSR count). The molecular weight excluding hydrogens is 528 g/mol. The predicted octanol–water partition coefficient (Wildman–Crippen LogP) is 3.59. The molecule has 1 aromatic carbocycles. The Morgan fingerprint density at radius 1 is 1.00 bits per heavy atom. The molecule has 0 bridgehead atoms. The number of carbonyl (C=O) groups is 4. The van der Waals surface area contributed by atoms with Crippen molar-refractivity contribution in [3.05, 3.63) is 82.4 Å². The van der Waals surface area contributed by atoms with Gasteiger partial charge in [0.2, 0.25) is 6.79 Å². The number of H-pyrrole nitrogens is 1. The first-order chi connectivity index (χ1) is 19.7. The van der Waals surface area contributed by atoms with Crippen molar-refractivity contribution in [3.8, 4) is 0 Å². The van der Waals surface area contributed by atoms with Gasteiger partial charge >= 0.3 is 12.1 Å². The van der Waals surface area contributed by atoms with Crippen LogP contribution in [0.2, 0.25) is 0 Å². The Balaban J connectivity index is 1.41. The molecule has 4 N–H and O–H groups in total. The van der Waals surface area contributed by atoms with Crippen LogP contribution in [0.4, 0.5) is 10.5 Å². The van der Waals surface area contributed by atoms with Gasteiger partial charge < -0.3 is 25.1 Å². The quantitative estimate of drug-likeness (QED) is 0.135. The zero-order valence-corrected chi connectivity index (χ0v) is 22.7. The number of aromatic nitrogens is 2. The second kappa shape index (κ2) is 11.6. The fraction of sp³-hybridized carbons (Fsp3) is 0.310. The SMILES string of the molecule is Cc1ccc(C(=O)NC2CC2)cc1N(C(=N)c1[nH]cc(C(=O)NC2CC2)c1C)C(=O)OCOC(=O)c1cccnc1. The maximum absolute atomic E-state index is 13.5. The number of aromatic amines is 1. The molecule has 0 saturated heterocycles. The van der Waals surface area contributed by atoms with E-state index in [1.165, 1.54) is 30.7 Å². The second-order valence-electron chi connectivity index (χ2n) is 10.1. The molecule has 41 heavy (non-hydrogen) atoms. The maximum Gasteiger partial charge on any atom is 0.423 e. The van der Waals surface area contributed by atoms with E-state index in [0.717, 1.165) is 30.6 Å². The monoisotopic (exact) mass is 558 g/mol. The zero-order valence-electron chi connectivity index (χ0n) is 22.7. The van der Waals surface area contributed by atoms with E-state index in [2.05, 4.69) is 20.6 Å². The minimum Gasteiger partial charge on any atom is -0.424 e. The summed E-state index contributed by atoms with van der Waals surface area (Å²) in [5.74, 6) is -1.63. The highest BCUT2D eigenvalue weighted by atomic mass is 16.7. The van der Waals surface area contributed by atoms with E-state index >= 15 is 0 Å². The van der Waals surface area contributed by atoms with E-state index < -0.39 is 18.9 Å². The van der Waals surface area contributed by atoms with Crippen LogP contribution in [-0.4, -0.2) is 58.6 Å². The van der Waals surface area contributed by atoms with E-state index in [1.54, 1.807) is 32.0 Å². The fourth-order valence-corrected chi connectivity index (χ4v) is 4.14. The van der Waals surface area contributed by atoms with Crippen molar-refractivity contribution in [2.75, 3.05) is 11.7 Å². The molecule has 3 aromatic rings. The lowest BCUT2D eigenvalue weighted by Gasteiger charge is -2.25. The van der Waals surface area contributed by atoms with Crippen molar-refractivity contribution in [3.63, 3.8) is 0 Å². The largest absolute Gasteiger partial charge is 0.424 e. The Morgan fingerprint density at radius 2 is 1.71 bits per heavy atom. The first-order valence-electron chi connectivity index (χ1n) is 13.3. The summed E-state index contributed by atoms with van der Waals surface area (Å²) in [7, 11) is 0. The fourth-order valence-electron chi connectivity index (χ4n) is 4.14. The average molecular weight is 559 g/mol. The maximum atomic E-state index is 13.5. The number of hydrogen-bond donors (Lipinski definition) is 4. The number of carbonyl (C=O) groups excluding carboxylic acids is 4. The Kier molecular flexibility index (Phi) is 7.81. The van der Waals surface area contributed by atoms with Gasteiger partial charge in [0.15, 0.2) is 5.84 Å². The molecule has 0 aliphatic heterocycles. The zero-order chi connectivity index (χ0) is 29.1. The molecule has 2 heterocycles. The van der Waals surface area contributed by atoms with E-state index in [4.69, 9.17) is 14.9 Å². The van der Waals surface area contributed by atoms with E-state index in [0.29, 0.717) is 22.3 Å². The number of anilines is 1. The Labute approximate surface area is 235 Å². The third kappa shape index (κ3) is 6.43. The molecule has 3 amide bonds. The highest BCUT2D eigenvalue weighted by molar-refractivity contribution is 6.21. The molecular formula is C29H30N6O6. The van der Waals surface area contributed by atoms with Crippen molar-refractivity contribution >= 4 is 35.4 Å². The average Bonchev–Trinajstić information content (AvgIpc) is 3.90. The van der Waals surface area contributed by atoms with Crippen LogP contribution in [0, 0.1) is 19.3 Å². The van der Waals surface area contributed by atoms with Gasteiger partial charge in [0.05, 0.1) is 22.5 Å². The van der Waals surface area contributed by atoms with E-state index in [9.17, 15) is 19.2 Å². The van der Waals surface area contributed by atoms with Gasteiger partial charge in [-0.2, -0.15) is 0 Å². The first kappa shape index (κ1) is 27.6. The highest BCUT2D eigenvalue weighted by Gasteiger charge is 2.31. The van der Waals surface area contributed by atoms with Gasteiger partial charge in [0, 0.05) is 36.2 Å². The molecule has 12 heteroatoms. The van der Waals surface area contributed by atoms with Gasteiger partial charge in [-0.1, -0.05) is 6.07 Å². The van der Waals surface area contributed by atoms with Gasteiger partial charge in [-0.3, -0.25) is 20.0 Å². The molecule has 2 aliphatic rings. The number of rotatable bonds is 9. The van der Waals surface area contributed by atoms with E-state index in [1.807, 2.05) is 0 Å². The van der Waals surface area contributed by atoms with Crippen LogP contribution in [-0.2, 0) is 9.47 Å². The van der Waals surface area contributed by atoms with Crippen molar-refractivity contribution < 1.29 is 28.7 Å². The Bertz CT molecular complexity index is 1510. The van der Waals surface area contributed by atoms with Gasteiger partial charge in [0.1, 0.15) is 0 Å². The number of nitrogens with zero attached hydrogens (tertiary/aromatic N) is 2. The Hall–Kier alpha value is -5.00. The van der Waals surface area contributed by atoms with Gasteiger partial charge in [-0.25, -0.2) is 14.5 Å². The van der Waals surface area contributed by atoms with Crippen molar-refractivity contribution in [1.82, 2.24) is 20.6 Å². The standard InChI is InChI=1S/C29H30N6O6/c1-16-5-6-18(26(36)33-20-7-8-20)12-23(16)35(29(39)41-15-40-28(38)19-4-3-11-31-13-19)25(30)24-17(2)22(14-32-24)27(37)34-21-9-10-21/h3-6,11-14,20-21,30,32H,7-10,15H2,1-2H3,(H,33,36)(H,34,37). The summed E-state index contributed by atoms with van der Waals surface area (Å²) in [6.07, 6.45) is 6.96. The summed E-state index contributed by atoms with van der Waals surface area (Å²) in [5.41, 5.74) is 2.32. The Morgan fingerprint density at radius 3 is 2.37 bits per heavy atom. The summed E-state index contributed by atoms with van der Waals surface area (Å²) in [5, 5.41) is 14.8. The van der Waals surface area contributed by atoms with Gasteiger partial charge in [0.25, 0.3) is 11.8 Å². The van der Waals surface area contributed by atoms with Crippen LogP contribution < -0.4 is 15.5 Å². The number of nitrogens with one attached hydrogen (secondary N) is 4. The molecule has 0 spiro atoms. The molecule has 2 saturated carbocycles. The lowest BCUT2D eigenvalue weighted by Crippen LogP contribution is -2.39. The van der Waals surface area contributed by atoms with Gasteiger partial charge in [-0.15, -0.1) is 0 Å². The number of pyridine rings is 1. The lowest BCUT2D eigenvalue weighted by molar-refractivity contribution is 0.0000548. The number of amides is 3. The smallest absolute Gasteiger partial charge is 0.423 e. The lowest BCUT2D eigenvalue weighted by atomic mass is 10.1. The minimum atomic E-state index is -1.02. The molecule has 2 aromatic heterocycles. The predicted molar refractivity (Wildman–Crippen MR) is 148 cm³/mol. The van der Waals surface area contributed by atoms with Crippen LogP contribution in [0.15, 0.2) is 48.9 Å². The minimum absolute atomic E-state index is 0.128. The molecule has 2 fully saturated rings. The number of benzene rings is 1. The van der Waals surface area contributed by atoms with Crippen LogP contribution >= 0.6 is 0 Å². The molecule has 12 nitrogen and oxygen atoms in total. The summed E-state index contributed by atoms with van der Waals surface area (Å²) in [4.78, 5) is 59.0. The number of aryl methyl sites for hydroxylation is 1. The topological polar surface area (TPSA) is 167 Å². The van der Waals surface area contributed by atoms with Crippen LogP contribution in [0.1, 0.15) is 73.6 Å². The normalized spacial score (nSPS) is 14.1. The number of amidine groups is 1. The summed E-state index contributed by atoms with van der Waals surface area (Å²) < 4.78 is 10.3. The van der Waals surface area contributed by atoms with Crippen molar-refractivity contribution in [2.24, 2.45) is 0 Å². The van der Waals surface area contributed by atoms with Crippen LogP contribution in [0.3, 0.4) is 0 Å². The molecule has 0 unspecified atom stereocenters. The number of esters is 1. The molecule has 0 atom stereocenters. The van der Waals surface area contributed by atoms with Crippen LogP contribution in [0.5, 0.6) is 0 Å². The van der Waals surface area contributed by atoms with E-state index in [-0.39, 0.29) is 46.7 Å². The van der Waals surface area contributed by atoms with Gasteiger partial charge in [-0.05, 0) is 74.9 Å². The molecule has 2 aliphatic carbocycles. The van der Waals surface area contributed by atoms with Crippen molar-refractivity contribution in [1.29, 1.82) is 5.41 Å². The molecule has 212 valence electrons. The summed E-state index contributed by atoms with van der Waals surface area (Å²) in [6.45, 7) is 2.67. The number of ether oxygens (including phenoxy) is 2. The number of hydrogen-bond acceptors (Lipinski definition) is 8. The first-order valence-corrected chi connectivity index (χ1v) is 13.3. The second-order valence-corrected chi connectivity index (χ2v) is 10.1. The van der Waals surface area contributed by atoms with Crippen LogP contribution in [0.25, 0.3) is 0 Å². The van der Waals surface area contributed by atoms with Crippen molar-refractivity contribution in [2.45, 2.75) is 51.6 Å².